The number of amides is 1. The smallest absolute Gasteiger partial charge is 0.410 e. The van der Waals surface area contributed by atoms with Gasteiger partial charge in [0.2, 0.25) is 0 Å². The summed E-state index contributed by atoms with van der Waals surface area (Å²) < 4.78 is 5.29. The van der Waals surface area contributed by atoms with E-state index in [2.05, 4.69) is 0 Å². The summed E-state index contributed by atoms with van der Waals surface area (Å²) >= 11 is 0. The molecule has 1 saturated heterocycles. The van der Waals surface area contributed by atoms with Crippen LogP contribution >= 0.6 is 0 Å². The van der Waals surface area contributed by atoms with Crippen molar-refractivity contribution in [3.63, 3.8) is 0 Å². The Balaban J connectivity index is 2.69. The molecule has 0 N–H and O–H groups in total. The summed E-state index contributed by atoms with van der Waals surface area (Å²) in [7, 11) is 0. The van der Waals surface area contributed by atoms with Crippen LogP contribution < -0.4 is 0 Å². The van der Waals surface area contributed by atoms with Crippen LogP contribution in [0.15, 0.2) is 12.2 Å². The zero-order chi connectivity index (χ0) is 13.1. The molecule has 4 nitrogen and oxygen atoms in total. The van der Waals surface area contributed by atoms with Crippen molar-refractivity contribution in [2.24, 2.45) is 0 Å². The third-order valence-electron chi connectivity index (χ3n) is 2.54. The topological polar surface area (TPSA) is 46.6 Å². The lowest BCUT2D eigenvalue weighted by molar-refractivity contribution is -0.118. The minimum absolute atomic E-state index is 0.0177. The first-order valence-corrected chi connectivity index (χ1v) is 6.01. The molecule has 1 aliphatic rings. The maximum atomic E-state index is 11.9. The Morgan fingerprint density at radius 1 is 1.35 bits per heavy atom. The lowest BCUT2D eigenvalue weighted by atomic mass is 10.1. The molecular formula is C13H21NO3. The van der Waals surface area contributed by atoms with E-state index in [1.54, 1.807) is 13.0 Å². The zero-order valence-corrected chi connectivity index (χ0v) is 11.0. The van der Waals surface area contributed by atoms with Crippen LogP contribution in [0.4, 0.5) is 4.79 Å². The molecule has 1 heterocycles. The van der Waals surface area contributed by atoms with Crippen LogP contribution in [0.1, 0.15) is 40.5 Å². The van der Waals surface area contributed by atoms with E-state index in [1.807, 2.05) is 20.8 Å². The Hall–Kier alpha value is -1.32. The van der Waals surface area contributed by atoms with Gasteiger partial charge in [-0.15, -0.1) is 0 Å². The van der Waals surface area contributed by atoms with Crippen molar-refractivity contribution >= 4 is 11.9 Å². The second kappa shape index (κ2) is 5.34. The molecule has 17 heavy (non-hydrogen) atoms. The predicted molar refractivity (Wildman–Crippen MR) is 65.8 cm³/mol. The summed E-state index contributed by atoms with van der Waals surface area (Å²) in [4.78, 5) is 25.2. The fourth-order valence-corrected chi connectivity index (χ4v) is 1.88. The van der Waals surface area contributed by atoms with E-state index in [-0.39, 0.29) is 11.8 Å². The number of nitrogens with zero attached hydrogens (tertiary/aromatic N) is 1. The van der Waals surface area contributed by atoms with Gasteiger partial charge < -0.3 is 4.74 Å². The molecule has 0 radical (unpaired) electrons. The van der Waals surface area contributed by atoms with Crippen LogP contribution in [-0.4, -0.2) is 35.0 Å². The van der Waals surface area contributed by atoms with Crippen molar-refractivity contribution in [1.82, 2.24) is 4.90 Å². The number of ketones is 1. The maximum Gasteiger partial charge on any atom is 0.410 e. The Bertz CT molecular complexity index is 328. The SMILES string of the molecule is C/C=C/C(=O)[C@@H]1CCCN1C(=O)OC(C)(C)C. The van der Waals surface area contributed by atoms with Gasteiger partial charge in [-0.25, -0.2) is 4.79 Å². The number of allylic oxidation sites excluding steroid dienone is 1. The molecule has 96 valence electrons. The second-order valence-corrected chi connectivity index (χ2v) is 5.23. The summed E-state index contributed by atoms with van der Waals surface area (Å²) in [5.74, 6) is -0.0177. The second-order valence-electron chi connectivity index (χ2n) is 5.23. The molecule has 1 amide bonds. The molecule has 1 aliphatic heterocycles. The van der Waals surface area contributed by atoms with Crippen LogP contribution in [0.3, 0.4) is 0 Å². The average Bonchev–Trinajstić information content (AvgIpc) is 2.63. The van der Waals surface area contributed by atoms with Gasteiger partial charge in [0.1, 0.15) is 5.60 Å². The summed E-state index contributed by atoms with van der Waals surface area (Å²) in [6.07, 6.45) is 4.41. The van der Waals surface area contributed by atoms with E-state index in [9.17, 15) is 9.59 Å². The third-order valence-corrected chi connectivity index (χ3v) is 2.54. The highest BCUT2D eigenvalue weighted by Gasteiger charge is 2.35. The largest absolute Gasteiger partial charge is 0.444 e. The Labute approximate surface area is 103 Å². The van der Waals surface area contributed by atoms with Crippen molar-refractivity contribution < 1.29 is 14.3 Å². The molecule has 0 aromatic carbocycles. The van der Waals surface area contributed by atoms with Gasteiger partial charge >= 0.3 is 6.09 Å². The monoisotopic (exact) mass is 239 g/mol. The molecule has 0 aromatic heterocycles. The first-order valence-electron chi connectivity index (χ1n) is 6.01. The van der Waals surface area contributed by atoms with Crippen LogP contribution in [0.5, 0.6) is 0 Å². The van der Waals surface area contributed by atoms with Crippen LogP contribution in [0.2, 0.25) is 0 Å². The van der Waals surface area contributed by atoms with Gasteiger partial charge in [-0.1, -0.05) is 6.08 Å². The fraction of sp³-hybridized carbons (Fsp3) is 0.692. The number of carbonyl (C=O) groups excluding carboxylic acids is 2. The number of hydrogen-bond acceptors (Lipinski definition) is 3. The van der Waals surface area contributed by atoms with E-state index >= 15 is 0 Å². The van der Waals surface area contributed by atoms with Crippen LogP contribution in [0.25, 0.3) is 0 Å². The molecule has 0 aromatic rings. The van der Waals surface area contributed by atoms with Crippen molar-refractivity contribution in [1.29, 1.82) is 0 Å². The molecular weight excluding hydrogens is 218 g/mol. The summed E-state index contributed by atoms with van der Waals surface area (Å²) in [5, 5.41) is 0. The van der Waals surface area contributed by atoms with Gasteiger partial charge in [0.15, 0.2) is 5.78 Å². The number of carbonyl (C=O) groups is 2. The minimum Gasteiger partial charge on any atom is -0.444 e. The molecule has 1 atom stereocenters. The van der Waals surface area contributed by atoms with Crippen LogP contribution in [0, 0.1) is 0 Å². The highest BCUT2D eigenvalue weighted by molar-refractivity contribution is 5.96. The summed E-state index contributed by atoms with van der Waals surface area (Å²) in [6, 6.07) is -0.346. The van der Waals surface area contributed by atoms with Gasteiger partial charge in [-0.3, -0.25) is 9.69 Å². The quantitative estimate of drug-likeness (QED) is 0.696. The highest BCUT2D eigenvalue weighted by Crippen LogP contribution is 2.21. The first kappa shape index (κ1) is 13.7. The van der Waals surface area contributed by atoms with Gasteiger partial charge in [0.05, 0.1) is 6.04 Å². The van der Waals surface area contributed by atoms with Crippen molar-refractivity contribution in [2.75, 3.05) is 6.54 Å². The van der Waals surface area contributed by atoms with E-state index in [1.165, 1.54) is 11.0 Å². The Morgan fingerprint density at radius 2 is 2.00 bits per heavy atom. The van der Waals surface area contributed by atoms with Gasteiger partial charge in [0, 0.05) is 6.54 Å². The molecule has 0 spiro atoms. The molecule has 0 bridgehead atoms. The Morgan fingerprint density at radius 3 is 2.53 bits per heavy atom. The third kappa shape index (κ3) is 3.88. The number of rotatable bonds is 2. The minimum atomic E-state index is -0.520. The molecule has 0 aliphatic carbocycles. The fourth-order valence-electron chi connectivity index (χ4n) is 1.88. The number of ether oxygens (including phenoxy) is 1. The normalized spacial score (nSPS) is 20.9. The summed E-state index contributed by atoms with van der Waals surface area (Å²) in [6.45, 7) is 7.87. The average molecular weight is 239 g/mol. The predicted octanol–water partition coefficient (Wildman–Crippen LogP) is 2.53. The lowest BCUT2D eigenvalue weighted by Gasteiger charge is -2.27. The van der Waals surface area contributed by atoms with Crippen LogP contribution in [-0.2, 0) is 9.53 Å². The Kier molecular flexibility index (Phi) is 4.32. The van der Waals surface area contributed by atoms with E-state index in [4.69, 9.17) is 4.74 Å². The maximum absolute atomic E-state index is 11.9. The molecule has 0 saturated carbocycles. The van der Waals surface area contributed by atoms with E-state index < -0.39 is 11.7 Å². The molecule has 0 unspecified atom stereocenters. The van der Waals surface area contributed by atoms with Gasteiger partial charge in [-0.05, 0) is 46.6 Å². The molecule has 4 heteroatoms. The molecule has 1 rings (SSSR count). The van der Waals surface area contributed by atoms with Crippen molar-refractivity contribution in [3.8, 4) is 0 Å². The highest BCUT2D eigenvalue weighted by atomic mass is 16.6. The lowest BCUT2D eigenvalue weighted by Crippen LogP contribution is -2.42. The van der Waals surface area contributed by atoms with Gasteiger partial charge in [0.25, 0.3) is 0 Å². The van der Waals surface area contributed by atoms with Crippen molar-refractivity contribution in [2.45, 2.75) is 52.2 Å². The van der Waals surface area contributed by atoms with E-state index in [0.29, 0.717) is 6.54 Å². The number of hydrogen-bond donors (Lipinski definition) is 0. The van der Waals surface area contributed by atoms with Gasteiger partial charge in [-0.2, -0.15) is 0 Å². The molecule has 1 fully saturated rings. The zero-order valence-electron chi connectivity index (χ0n) is 11.0. The first-order chi connectivity index (χ1) is 7.85. The number of likely N-dealkylation sites (tertiary alicyclic amines) is 1. The standard InChI is InChI=1S/C13H21NO3/c1-5-7-11(15)10-8-6-9-14(10)12(16)17-13(2,3)4/h5,7,10H,6,8-9H2,1-4H3/b7-5+/t10-/m0/s1. The van der Waals surface area contributed by atoms with Crippen molar-refractivity contribution in [3.05, 3.63) is 12.2 Å². The summed E-state index contributed by atoms with van der Waals surface area (Å²) in [5.41, 5.74) is -0.520. The van der Waals surface area contributed by atoms with E-state index in [0.717, 1.165) is 12.8 Å².